The van der Waals surface area contributed by atoms with Gasteiger partial charge in [-0.3, -0.25) is 4.79 Å². The van der Waals surface area contributed by atoms with Crippen LogP contribution in [0.5, 0.6) is 0 Å². The Labute approximate surface area is 208 Å². The highest BCUT2D eigenvalue weighted by Gasteiger charge is 2.11. The van der Waals surface area contributed by atoms with Crippen molar-refractivity contribution in [2.24, 2.45) is 17.8 Å². The van der Waals surface area contributed by atoms with E-state index in [4.69, 9.17) is 9.47 Å². The van der Waals surface area contributed by atoms with Gasteiger partial charge >= 0.3 is 0 Å². The quantitative estimate of drug-likeness (QED) is 0.190. The van der Waals surface area contributed by atoms with Crippen molar-refractivity contribution in [3.05, 3.63) is 0 Å². The Hall–Kier alpha value is -0.650. The molecule has 0 N–H and O–H groups in total. The van der Waals surface area contributed by atoms with E-state index in [2.05, 4.69) is 46.6 Å². The number of amides is 1. The van der Waals surface area contributed by atoms with Crippen molar-refractivity contribution in [3.8, 4) is 0 Å². The molecule has 1 atom stereocenters. The first-order valence-electron chi connectivity index (χ1n) is 13.7. The summed E-state index contributed by atoms with van der Waals surface area (Å²) in [5.41, 5.74) is 0. The maximum absolute atomic E-state index is 11.5. The van der Waals surface area contributed by atoms with Crippen LogP contribution >= 0.6 is 0 Å². The zero-order valence-corrected chi connectivity index (χ0v) is 24.0. The van der Waals surface area contributed by atoms with Crippen LogP contribution in [0.4, 0.5) is 0 Å². The Kier molecular flexibility index (Phi) is 25.6. The molecule has 0 saturated carbocycles. The van der Waals surface area contributed by atoms with E-state index in [-0.39, 0.29) is 11.8 Å². The number of unbranched alkanes of at least 4 members (excludes halogenated alkanes) is 2. The summed E-state index contributed by atoms with van der Waals surface area (Å²) in [7, 11) is 4.06. The highest BCUT2D eigenvalue weighted by Crippen LogP contribution is 2.07. The number of hydrogen-bond donors (Lipinski definition) is 0. The Morgan fingerprint density at radius 2 is 1.33 bits per heavy atom. The van der Waals surface area contributed by atoms with Crippen LogP contribution < -0.4 is 0 Å². The van der Waals surface area contributed by atoms with Gasteiger partial charge in [-0.1, -0.05) is 67.7 Å². The predicted octanol–water partition coefficient (Wildman–Crippen LogP) is 6.50. The van der Waals surface area contributed by atoms with E-state index in [0.717, 1.165) is 38.1 Å². The number of ether oxygens (including phenoxy) is 2. The van der Waals surface area contributed by atoms with Gasteiger partial charge in [0.1, 0.15) is 0 Å². The minimum atomic E-state index is 0.0749. The third-order valence-electron chi connectivity index (χ3n) is 5.64. The number of hydrogen-bond acceptors (Lipinski definition) is 4. The monoisotopic (exact) mass is 472 g/mol. The molecule has 0 bridgehead atoms. The van der Waals surface area contributed by atoms with Crippen LogP contribution in [0.1, 0.15) is 99.8 Å². The summed E-state index contributed by atoms with van der Waals surface area (Å²) in [6.45, 7) is 21.5. The average molecular weight is 473 g/mol. The lowest BCUT2D eigenvalue weighted by Crippen LogP contribution is -2.33. The fourth-order valence-corrected chi connectivity index (χ4v) is 3.65. The van der Waals surface area contributed by atoms with Crippen LogP contribution in [-0.4, -0.2) is 75.9 Å². The molecule has 5 heteroatoms. The minimum absolute atomic E-state index is 0.0749. The normalized spacial score (nSPS) is 12.2. The summed E-state index contributed by atoms with van der Waals surface area (Å²) >= 11 is 0. The van der Waals surface area contributed by atoms with Gasteiger partial charge in [-0.15, -0.1) is 0 Å². The van der Waals surface area contributed by atoms with Crippen LogP contribution in [0, 0.1) is 17.8 Å². The first kappa shape index (κ1) is 34.5. The molecule has 0 aromatic rings. The zero-order chi connectivity index (χ0) is 25.5. The summed E-state index contributed by atoms with van der Waals surface area (Å²) < 4.78 is 11.1. The second-order valence-electron chi connectivity index (χ2n) is 10.4. The molecule has 0 fully saturated rings. The van der Waals surface area contributed by atoms with E-state index in [1.54, 1.807) is 4.90 Å². The van der Waals surface area contributed by atoms with Crippen LogP contribution in [0.25, 0.3) is 0 Å². The molecule has 0 aromatic carbocycles. The second-order valence-corrected chi connectivity index (χ2v) is 10.4. The molecule has 1 unspecified atom stereocenters. The first-order valence-corrected chi connectivity index (χ1v) is 13.7. The Morgan fingerprint density at radius 3 is 1.91 bits per heavy atom. The van der Waals surface area contributed by atoms with Gasteiger partial charge in [0.25, 0.3) is 0 Å². The van der Waals surface area contributed by atoms with E-state index < -0.39 is 0 Å². The molecule has 0 spiro atoms. The Balaban J connectivity index is 0. The molecular formula is C28H60N2O3. The van der Waals surface area contributed by atoms with Gasteiger partial charge in [0.2, 0.25) is 5.91 Å². The maximum atomic E-state index is 11.5. The van der Waals surface area contributed by atoms with Crippen LogP contribution in [0.15, 0.2) is 0 Å². The third kappa shape index (κ3) is 25.8. The average Bonchev–Trinajstić information content (AvgIpc) is 2.75. The molecular weight excluding hydrogens is 412 g/mol. The molecule has 0 aliphatic rings. The lowest BCUT2D eigenvalue weighted by Gasteiger charge is -2.20. The van der Waals surface area contributed by atoms with Crippen LogP contribution in [0.3, 0.4) is 0 Å². The lowest BCUT2D eigenvalue weighted by atomic mass is 10.1. The molecule has 0 radical (unpaired) electrons. The molecule has 0 rings (SSSR count). The van der Waals surface area contributed by atoms with E-state index >= 15 is 0 Å². The smallest absolute Gasteiger partial charge is 0.224 e. The van der Waals surface area contributed by atoms with Crippen molar-refractivity contribution in [3.63, 3.8) is 0 Å². The molecule has 0 aliphatic carbocycles. The molecule has 5 nitrogen and oxygen atoms in total. The standard InChI is InChI=1S/C15H33NO.C13H27NO2/c1-5-7-8-12-17-13-9-11-16(4)14-15(3)10-6-2;1-11(2)7-6-9-16-10-8-14(5)13(15)12(3)4/h15H,5-14H2,1-4H3;11-12H,6-10H2,1-5H3. The van der Waals surface area contributed by atoms with Gasteiger partial charge in [0, 0.05) is 52.4 Å². The molecule has 0 saturated heterocycles. The number of carbonyl (C=O) groups is 1. The van der Waals surface area contributed by atoms with Gasteiger partial charge in [0.15, 0.2) is 0 Å². The molecule has 1 amide bonds. The third-order valence-corrected chi connectivity index (χ3v) is 5.64. The topological polar surface area (TPSA) is 42.0 Å². The van der Waals surface area contributed by atoms with Crippen molar-refractivity contribution >= 4 is 5.91 Å². The van der Waals surface area contributed by atoms with Gasteiger partial charge in [-0.25, -0.2) is 0 Å². The molecule has 0 heterocycles. The van der Waals surface area contributed by atoms with Gasteiger partial charge in [-0.05, 0) is 51.0 Å². The van der Waals surface area contributed by atoms with E-state index in [9.17, 15) is 4.79 Å². The summed E-state index contributed by atoms with van der Waals surface area (Å²) in [6.07, 6.45) is 9.94. The van der Waals surface area contributed by atoms with Crippen LogP contribution in [0.2, 0.25) is 0 Å². The molecule has 0 aromatic heterocycles. The van der Waals surface area contributed by atoms with Gasteiger partial charge < -0.3 is 19.3 Å². The van der Waals surface area contributed by atoms with Crippen molar-refractivity contribution in [1.82, 2.24) is 9.80 Å². The first-order chi connectivity index (χ1) is 15.6. The maximum Gasteiger partial charge on any atom is 0.224 e. The van der Waals surface area contributed by atoms with E-state index in [1.165, 1.54) is 58.0 Å². The van der Waals surface area contributed by atoms with Gasteiger partial charge in [-0.2, -0.15) is 0 Å². The highest BCUT2D eigenvalue weighted by atomic mass is 16.5. The number of carbonyl (C=O) groups excluding carboxylic acids is 1. The van der Waals surface area contributed by atoms with Crippen molar-refractivity contribution in [1.29, 1.82) is 0 Å². The summed E-state index contributed by atoms with van der Waals surface area (Å²) in [4.78, 5) is 15.7. The SMILES string of the molecule is CC(C)CCCOCCN(C)C(=O)C(C)C.CCCCCOCCCN(C)CC(C)CCC. The number of likely N-dealkylation sites (N-methyl/N-ethyl adjacent to an activating group) is 1. The fraction of sp³-hybridized carbons (Fsp3) is 0.964. The van der Waals surface area contributed by atoms with Crippen LogP contribution in [-0.2, 0) is 14.3 Å². The second kappa shape index (κ2) is 24.5. The predicted molar refractivity (Wildman–Crippen MR) is 144 cm³/mol. The van der Waals surface area contributed by atoms with Crippen molar-refractivity contribution < 1.29 is 14.3 Å². The number of nitrogens with zero attached hydrogens (tertiary/aromatic N) is 2. The molecule has 0 aliphatic heterocycles. The lowest BCUT2D eigenvalue weighted by molar-refractivity contribution is -0.133. The molecule has 200 valence electrons. The fourth-order valence-electron chi connectivity index (χ4n) is 3.65. The largest absolute Gasteiger partial charge is 0.381 e. The van der Waals surface area contributed by atoms with Crippen molar-refractivity contribution in [2.45, 2.75) is 99.8 Å². The minimum Gasteiger partial charge on any atom is -0.381 e. The van der Waals surface area contributed by atoms with E-state index in [0.29, 0.717) is 13.2 Å². The summed E-state index contributed by atoms with van der Waals surface area (Å²) in [6, 6.07) is 0. The summed E-state index contributed by atoms with van der Waals surface area (Å²) in [5, 5.41) is 0. The Bertz CT molecular complexity index is 416. The highest BCUT2D eigenvalue weighted by molar-refractivity contribution is 5.77. The van der Waals surface area contributed by atoms with Crippen molar-refractivity contribution in [2.75, 3.05) is 60.2 Å². The summed E-state index contributed by atoms with van der Waals surface area (Å²) in [5.74, 6) is 1.83. The Morgan fingerprint density at radius 1 is 0.727 bits per heavy atom. The zero-order valence-electron chi connectivity index (χ0n) is 24.0. The molecule has 33 heavy (non-hydrogen) atoms. The van der Waals surface area contributed by atoms with Gasteiger partial charge in [0.05, 0.1) is 6.61 Å². The number of rotatable bonds is 20. The van der Waals surface area contributed by atoms with E-state index in [1.807, 2.05) is 20.9 Å².